The Morgan fingerprint density at radius 3 is 3.05 bits per heavy atom. The molecule has 2 nitrogen and oxygen atoms in total. The number of thiophene rings is 1. The molecule has 1 aromatic heterocycles. The highest BCUT2D eigenvalue weighted by Gasteiger charge is 2.22. The minimum atomic E-state index is 0.0565. The van der Waals surface area contributed by atoms with Gasteiger partial charge in [-0.2, -0.15) is 0 Å². The van der Waals surface area contributed by atoms with E-state index in [0.29, 0.717) is 12.5 Å². The van der Waals surface area contributed by atoms with Crippen molar-refractivity contribution in [1.29, 1.82) is 0 Å². The zero-order valence-electron chi connectivity index (χ0n) is 12.3. The molecule has 1 unspecified atom stereocenters. The van der Waals surface area contributed by atoms with E-state index >= 15 is 0 Å². The molecule has 0 radical (unpaired) electrons. The first-order valence-corrected chi connectivity index (χ1v) is 7.93. The fraction of sp³-hybridized carbons (Fsp3) is 0.412. The van der Waals surface area contributed by atoms with E-state index in [1.165, 1.54) is 15.3 Å². The summed E-state index contributed by atoms with van der Waals surface area (Å²) in [7, 11) is 0. The van der Waals surface area contributed by atoms with Crippen molar-refractivity contribution in [2.24, 2.45) is 11.7 Å². The van der Waals surface area contributed by atoms with Gasteiger partial charge in [-0.15, -0.1) is 11.3 Å². The van der Waals surface area contributed by atoms with Gasteiger partial charge < -0.3 is 10.5 Å². The van der Waals surface area contributed by atoms with Crippen LogP contribution >= 0.6 is 11.3 Å². The second kappa shape index (κ2) is 7.02. The molecule has 3 heteroatoms. The topological polar surface area (TPSA) is 35.2 Å². The molecule has 2 heterocycles. The highest BCUT2D eigenvalue weighted by molar-refractivity contribution is 7.13. The lowest BCUT2D eigenvalue weighted by Gasteiger charge is -2.21. The molecule has 2 rings (SSSR count). The number of rotatable bonds is 5. The number of allylic oxidation sites excluding steroid dienone is 5. The Morgan fingerprint density at radius 2 is 2.40 bits per heavy atom. The fourth-order valence-corrected chi connectivity index (χ4v) is 3.48. The third-order valence-corrected chi connectivity index (χ3v) is 4.59. The third-order valence-electron chi connectivity index (χ3n) is 3.33. The van der Waals surface area contributed by atoms with Gasteiger partial charge >= 0.3 is 0 Å². The molecule has 0 spiro atoms. The van der Waals surface area contributed by atoms with Crippen molar-refractivity contribution in [3.63, 3.8) is 0 Å². The van der Waals surface area contributed by atoms with Crippen LogP contribution in [0.2, 0.25) is 0 Å². The van der Waals surface area contributed by atoms with Gasteiger partial charge in [-0.3, -0.25) is 0 Å². The number of ether oxygens (including phenoxy) is 1. The van der Waals surface area contributed by atoms with Gasteiger partial charge in [0, 0.05) is 22.7 Å². The molecule has 1 atom stereocenters. The van der Waals surface area contributed by atoms with Crippen LogP contribution in [0.15, 0.2) is 36.9 Å². The smallest absolute Gasteiger partial charge is 0.0958 e. The molecule has 20 heavy (non-hydrogen) atoms. The van der Waals surface area contributed by atoms with Crippen molar-refractivity contribution in [2.75, 3.05) is 13.2 Å². The molecule has 1 aliphatic rings. The number of hydrogen-bond acceptors (Lipinski definition) is 3. The van der Waals surface area contributed by atoms with E-state index in [1.54, 1.807) is 0 Å². The van der Waals surface area contributed by atoms with Gasteiger partial charge in [-0.25, -0.2) is 0 Å². The third kappa shape index (κ3) is 3.48. The van der Waals surface area contributed by atoms with Gasteiger partial charge in [0.15, 0.2) is 0 Å². The maximum absolute atomic E-state index is 5.78. The Labute approximate surface area is 125 Å². The minimum absolute atomic E-state index is 0.0565. The van der Waals surface area contributed by atoms with Crippen LogP contribution in [0.5, 0.6) is 0 Å². The average Bonchev–Trinajstić information content (AvgIpc) is 2.86. The first kappa shape index (κ1) is 15.2. The first-order chi connectivity index (χ1) is 9.65. The van der Waals surface area contributed by atoms with Crippen LogP contribution in [-0.4, -0.2) is 13.2 Å². The van der Waals surface area contributed by atoms with Crippen LogP contribution in [0.25, 0.3) is 5.57 Å². The molecule has 0 aromatic carbocycles. The molecule has 0 fully saturated rings. The Bertz CT molecular complexity index is 525. The lowest BCUT2D eigenvalue weighted by atomic mass is 10.0. The predicted molar refractivity (Wildman–Crippen MR) is 87.9 cm³/mol. The van der Waals surface area contributed by atoms with E-state index < -0.39 is 0 Å². The van der Waals surface area contributed by atoms with E-state index in [-0.39, 0.29) is 6.10 Å². The maximum atomic E-state index is 5.78. The second-order valence-electron chi connectivity index (χ2n) is 5.29. The Kier molecular flexibility index (Phi) is 5.35. The molecule has 0 bridgehead atoms. The van der Waals surface area contributed by atoms with Crippen LogP contribution < -0.4 is 5.73 Å². The molecule has 2 N–H and O–H groups in total. The highest BCUT2D eigenvalue weighted by atomic mass is 32.1. The van der Waals surface area contributed by atoms with E-state index in [1.807, 2.05) is 17.4 Å². The standard InChI is InChI=1S/C17H23NOS/c1-4-13(7-5-6-12(2)3)17-10-14-15(11-18)19-9-8-16(14)20-17/h4-7,10,12,15H,1,8-9,11,18H2,2-3H3/b6-5-,13-7+. The molecule has 0 saturated carbocycles. The minimum Gasteiger partial charge on any atom is -0.372 e. The van der Waals surface area contributed by atoms with Crippen LogP contribution in [0.3, 0.4) is 0 Å². The van der Waals surface area contributed by atoms with Crippen LogP contribution in [0.1, 0.15) is 35.3 Å². The molecule has 1 aliphatic heterocycles. The Hall–Kier alpha value is -1.16. The quantitative estimate of drug-likeness (QED) is 0.828. The summed E-state index contributed by atoms with van der Waals surface area (Å²) >= 11 is 1.84. The number of nitrogens with two attached hydrogens (primary N) is 1. The Morgan fingerprint density at radius 1 is 1.60 bits per heavy atom. The van der Waals surface area contributed by atoms with Crippen LogP contribution in [0.4, 0.5) is 0 Å². The normalized spacial score (nSPS) is 19.6. The molecule has 108 valence electrons. The van der Waals surface area contributed by atoms with Gasteiger partial charge in [0.1, 0.15) is 0 Å². The van der Waals surface area contributed by atoms with Gasteiger partial charge in [-0.1, -0.05) is 44.7 Å². The SMILES string of the molecule is C=C/C(=C\C=C/C(C)C)c1cc2c(s1)CCOC2CN. The summed E-state index contributed by atoms with van der Waals surface area (Å²) in [6.45, 7) is 9.59. The van der Waals surface area contributed by atoms with Gasteiger partial charge in [0.2, 0.25) is 0 Å². The summed E-state index contributed by atoms with van der Waals surface area (Å²) in [5.74, 6) is 0.559. The lowest BCUT2D eigenvalue weighted by Crippen LogP contribution is -2.21. The van der Waals surface area contributed by atoms with Crippen LogP contribution in [-0.2, 0) is 11.2 Å². The summed E-state index contributed by atoms with van der Waals surface area (Å²) in [4.78, 5) is 2.66. The number of fused-ring (bicyclic) bond motifs is 1. The highest BCUT2D eigenvalue weighted by Crippen LogP contribution is 2.36. The van der Waals surface area contributed by atoms with Crippen LogP contribution in [0, 0.1) is 5.92 Å². The van der Waals surface area contributed by atoms with E-state index in [2.05, 4.69) is 44.7 Å². The molecular weight excluding hydrogens is 266 g/mol. The summed E-state index contributed by atoms with van der Waals surface area (Å²) in [5.41, 5.74) is 8.21. The van der Waals surface area contributed by atoms with Gasteiger partial charge in [-0.05, 0) is 23.1 Å². The average molecular weight is 289 g/mol. The monoisotopic (exact) mass is 289 g/mol. The number of hydrogen-bond donors (Lipinski definition) is 1. The fourth-order valence-electron chi connectivity index (χ4n) is 2.26. The summed E-state index contributed by atoms with van der Waals surface area (Å²) in [5, 5.41) is 0. The molecule has 0 saturated heterocycles. The molecule has 0 amide bonds. The van der Waals surface area contributed by atoms with E-state index in [0.717, 1.165) is 18.6 Å². The lowest BCUT2D eigenvalue weighted by molar-refractivity contribution is 0.0498. The van der Waals surface area contributed by atoms with Gasteiger partial charge in [0.05, 0.1) is 12.7 Å². The summed E-state index contributed by atoms with van der Waals surface area (Å²) in [6.07, 6.45) is 9.38. The molecule has 0 aliphatic carbocycles. The van der Waals surface area contributed by atoms with E-state index in [4.69, 9.17) is 10.5 Å². The van der Waals surface area contributed by atoms with Gasteiger partial charge in [0.25, 0.3) is 0 Å². The zero-order chi connectivity index (χ0) is 14.5. The zero-order valence-corrected chi connectivity index (χ0v) is 13.1. The van der Waals surface area contributed by atoms with Crippen molar-refractivity contribution in [2.45, 2.75) is 26.4 Å². The van der Waals surface area contributed by atoms with Crippen molar-refractivity contribution >= 4 is 16.9 Å². The van der Waals surface area contributed by atoms with E-state index in [9.17, 15) is 0 Å². The van der Waals surface area contributed by atoms with Crippen molar-refractivity contribution in [3.05, 3.63) is 52.3 Å². The van der Waals surface area contributed by atoms with Crippen molar-refractivity contribution < 1.29 is 4.74 Å². The van der Waals surface area contributed by atoms with Crippen molar-refractivity contribution in [3.8, 4) is 0 Å². The molecular formula is C17H23NOS. The Balaban J connectivity index is 2.28. The maximum Gasteiger partial charge on any atom is 0.0958 e. The molecule has 1 aromatic rings. The predicted octanol–water partition coefficient (Wildman–Crippen LogP) is 4.10. The second-order valence-corrected chi connectivity index (χ2v) is 6.43. The summed E-state index contributed by atoms with van der Waals surface area (Å²) < 4.78 is 5.72. The van der Waals surface area contributed by atoms with Crippen molar-refractivity contribution in [1.82, 2.24) is 0 Å². The first-order valence-electron chi connectivity index (χ1n) is 7.11. The summed E-state index contributed by atoms with van der Waals surface area (Å²) in [6, 6.07) is 2.22. The largest absolute Gasteiger partial charge is 0.372 e.